The molecule has 2 heterocycles. The Balaban J connectivity index is 1.69. The van der Waals surface area contributed by atoms with E-state index >= 15 is 0 Å². The summed E-state index contributed by atoms with van der Waals surface area (Å²) in [7, 11) is 1.79. The maximum Gasteiger partial charge on any atom is 0.306 e. The van der Waals surface area contributed by atoms with Crippen molar-refractivity contribution < 1.29 is 14.7 Å². The number of aromatic nitrogens is 3. The van der Waals surface area contributed by atoms with E-state index in [2.05, 4.69) is 15.4 Å². The third-order valence-electron chi connectivity index (χ3n) is 3.40. The number of hydrogen-bond donors (Lipinski definition) is 2. The van der Waals surface area contributed by atoms with Crippen molar-refractivity contribution in [3.8, 4) is 0 Å². The highest BCUT2D eigenvalue weighted by atomic mass is 16.4. The van der Waals surface area contributed by atoms with Gasteiger partial charge in [-0.1, -0.05) is 0 Å². The quantitative estimate of drug-likeness (QED) is 0.735. The van der Waals surface area contributed by atoms with E-state index in [-0.39, 0.29) is 18.4 Å². The predicted molar refractivity (Wildman–Crippen MR) is 69.6 cm³/mol. The first-order chi connectivity index (χ1) is 9.56. The van der Waals surface area contributed by atoms with Crippen molar-refractivity contribution in [2.45, 2.75) is 19.4 Å². The van der Waals surface area contributed by atoms with E-state index in [1.54, 1.807) is 23.0 Å². The van der Waals surface area contributed by atoms with Crippen molar-refractivity contribution in [3.05, 3.63) is 12.2 Å². The van der Waals surface area contributed by atoms with Gasteiger partial charge in [-0.05, 0) is 12.8 Å². The van der Waals surface area contributed by atoms with Gasteiger partial charge in [0.15, 0.2) is 5.82 Å². The number of amides is 1. The molecule has 0 atom stereocenters. The van der Waals surface area contributed by atoms with E-state index in [0.29, 0.717) is 38.3 Å². The van der Waals surface area contributed by atoms with Crippen molar-refractivity contribution in [1.29, 1.82) is 0 Å². The fourth-order valence-corrected chi connectivity index (χ4v) is 2.23. The maximum atomic E-state index is 11.9. The van der Waals surface area contributed by atoms with Crippen molar-refractivity contribution in [3.63, 3.8) is 0 Å². The highest BCUT2D eigenvalue weighted by Gasteiger charge is 2.26. The van der Waals surface area contributed by atoms with Crippen LogP contribution in [0.4, 0.5) is 0 Å². The molecule has 1 saturated heterocycles. The molecule has 0 aliphatic carbocycles. The first-order valence-electron chi connectivity index (χ1n) is 6.62. The molecule has 2 rings (SSSR count). The Hall–Kier alpha value is -1.96. The second kappa shape index (κ2) is 6.47. The van der Waals surface area contributed by atoms with Gasteiger partial charge in [-0.25, -0.2) is 4.98 Å². The lowest BCUT2D eigenvalue weighted by atomic mass is 9.97. The van der Waals surface area contributed by atoms with Crippen LogP contribution < -0.4 is 5.32 Å². The van der Waals surface area contributed by atoms with Gasteiger partial charge in [-0.2, -0.15) is 5.10 Å². The molecule has 0 bridgehead atoms. The van der Waals surface area contributed by atoms with E-state index < -0.39 is 5.97 Å². The third-order valence-corrected chi connectivity index (χ3v) is 3.40. The SMILES string of the molecule is Cn1cnc(CNCC(=O)N2CCC(C(=O)O)CC2)n1. The monoisotopic (exact) mass is 281 g/mol. The number of carboxylic acid groups (broad SMARTS) is 1. The lowest BCUT2D eigenvalue weighted by Gasteiger charge is -2.30. The highest BCUT2D eigenvalue weighted by molar-refractivity contribution is 5.78. The van der Waals surface area contributed by atoms with E-state index in [1.807, 2.05) is 0 Å². The van der Waals surface area contributed by atoms with Crippen LogP contribution in [0.1, 0.15) is 18.7 Å². The Morgan fingerprint density at radius 3 is 2.70 bits per heavy atom. The van der Waals surface area contributed by atoms with Crippen molar-refractivity contribution in [1.82, 2.24) is 25.0 Å². The smallest absolute Gasteiger partial charge is 0.306 e. The Kier molecular flexibility index (Phi) is 4.67. The summed E-state index contributed by atoms with van der Waals surface area (Å²) in [5, 5.41) is 16.0. The standard InChI is InChI=1S/C12H19N5O3/c1-16-8-14-10(15-16)6-13-7-11(18)17-4-2-9(3-5-17)12(19)20/h8-9,13H,2-7H2,1H3,(H,19,20). The van der Waals surface area contributed by atoms with E-state index in [1.165, 1.54) is 0 Å². The number of aliphatic carboxylic acids is 1. The molecule has 1 aliphatic rings. The summed E-state index contributed by atoms with van der Waals surface area (Å²) < 4.78 is 1.61. The lowest BCUT2D eigenvalue weighted by molar-refractivity contribution is -0.145. The summed E-state index contributed by atoms with van der Waals surface area (Å²) in [6, 6.07) is 0. The average molecular weight is 281 g/mol. The van der Waals surface area contributed by atoms with Crippen molar-refractivity contribution in [2.75, 3.05) is 19.6 Å². The third kappa shape index (κ3) is 3.77. The number of hydrogen-bond acceptors (Lipinski definition) is 5. The molecule has 1 aliphatic heterocycles. The van der Waals surface area contributed by atoms with Crippen LogP contribution in [0.25, 0.3) is 0 Å². The number of piperidine rings is 1. The Morgan fingerprint density at radius 2 is 2.15 bits per heavy atom. The van der Waals surface area contributed by atoms with Crippen LogP contribution in [0.3, 0.4) is 0 Å². The first kappa shape index (κ1) is 14.4. The second-order valence-electron chi connectivity index (χ2n) is 4.93. The van der Waals surface area contributed by atoms with Gasteiger partial charge in [0, 0.05) is 20.1 Å². The summed E-state index contributed by atoms with van der Waals surface area (Å²) in [6.07, 6.45) is 2.67. The zero-order chi connectivity index (χ0) is 14.5. The fraction of sp³-hybridized carbons (Fsp3) is 0.667. The average Bonchev–Trinajstić information content (AvgIpc) is 2.84. The predicted octanol–water partition coefficient (Wildman–Crippen LogP) is -0.772. The molecule has 1 aromatic rings. The Morgan fingerprint density at radius 1 is 1.45 bits per heavy atom. The molecule has 0 aromatic carbocycles. The van der Waals surface area contributed by atoms with Crippen LogP contribution >= 0.6 is 0 Å². The van der Waals surface area contributed by atoms with Crippen LogP contribution in [-0.4, -0.2) is 56.3 Å². The van der Waals surface area contributed by atoms with Gasteiger partial charge in [0.1, 0.15) is 6.33 Å². The van der Waals surface area contributed by atoms with Crippen LogP contribution in [0.5, 0.6) is 0 Å². The summed E-state index contributed by atoms with van der Waals surface area (Å²) in [6.45, 7) is 1.69. The molecule has 0 saturated carbocycles. The number of likely N-dealkylation sites (tertiary alicyclic amines) is 1. The summed E-state index contributed by atoms with van der Waals surface area (Å²) in [5.74, 6) is -0.448. The lowest BCUT2D eigenvalue weighted by Crippen LogP contribution is -2.44. The topological polar surface area (TPSA) is 100 Å². The minimum Gasteiger partial charge on any atom is -0.481 e. The van der Waals surface area contributed by atoms with Gasteiger partial charge < -0.3 is 15.3 Å². The minimum absolute atomic E-state index is 0.00947. The molecule has 0 unspecified atom stereocenters. The van der Waals surface area contributed by atoms with Crippen LogP contribution in [0.15, 0.2) is 6.33 Å². The molecule has 110 valence electrons. The summed E-state index contributed by atoms with van der Waals surface area (Å²) in [5.41, 5.74) is 0. The molecule has 20 heavy (non-hydrogen) atoms. The Bertz CT molecular complexity index is 479. The number of carboxylic acids is 1. The first-order valence-corrected chi connectivity index (χ1v) is 6.62. The molecule has 8 heteroatoms. The molecule has 1 amide bonds. The highest BCUT2D eigenvalue weighted by Crippen LogP contribution is 2.17. The van der Waals surface area contributed by atoms with Crippen LogP contribution in [0, 0.1) is 5.92 Å². The molecular weight excluding hydrogens is 262 g/mol. The van der Waals surface area contributed by atoms with Crippen molar-refractivity contribution in [2.24, 2.45) is 13.0 Å². The van der Waals surface area contributed by atoms with Crippen molar-refractivity contribution >= 4 is 11.9 Å². The van der Waals surface area contributed by atoms with Gasteiger partial charge in [-0.3, -0.25) is 14.3 Å². The number of rotatable bonds is 5. The summed E-state index contributed by atoms with van der Waals surface area (Å²) in [4.78, 5) is 28.5. The summed E-state index contributed by atoms with van der Waals surface area (Å²) >= 11 is 0. The van der Waals surface area contributed by atoms with Gasteiger partial charge in [0.25, 0.3) is 0 Å². The van der Waals surface area contributed by atoms with E-state index in [4.69, 9.17) is 5.11 Å². The Labute approximate surface area is 116 Å². The van der Waals surface area contributed by atoms with Gasteiger partial charge in [0.2, 0.25) is 5.91 Å². The van der Waals surface area contributed by atoms with Crippen LogP contribution in [0.2, 0.25) is 0 Å². The van der Waals surface area contributed by atoms with Gasteiger partial charge in [-0.15, -0.1) is 0 Å². The van der Waals surface area contributed by atoms with E-state index in [0.717, 1.165) is 0 Å². The van der Waals surface area contributed by atoms with Gasteiger partial charge in [0.05, 0.1) is 19.0 Å². The molecule has 0 spiro atoms. The molecular formula is C12H19N5O3. The minimum atomic E-state index is -0.767. The molecule has 1 fully saturated rings. The molecule has 0 radical (unpaired) electrons. The number of nitrogens with zero attached hydrogens (tertiary/aromatic N) is 4. The second-order valence-corrected chi connectivity index (χ2v) is 4.93. The number of nitrogens with one attached hydrogen (secondary N) is 1. The zero-order valence-corrected chi connectivity index (χ0v) is 11.4. The molecule has 8 nitrogen and oxygen atoms in total. The molecule has 2 N–H and O–H groups in total. The van der Waals surface area contributed by atoms with Crippen LogP contribution in [-0.2, 0) is 23.2 Å². The maximum absolute atomic E-state index is 11.9. The van der Waals surface area contributed by atoms with Gasteiger partial charge >= 0.3 is 5.97 Å². The van der Waals surface area contributed by atoms with E-state index in [9.17, 15) is 9.59 Å². The number of carbonyl (C=O) groups is 2. The molecule has 1 aromatic heterocycles. The number of aryl methyl sites for hydroxylation is 1. The number of carbonyl (C=O) groups excluding carboxylic acids is 1. The fourth-order valence-electron chi connectivity index (χ4n) is 2.23. The largest absolute Gasteiger partial charge is 0.481 e. The normalized spacial score (nSPS) is 16.4. The zero-order valence-electron chi connectivity index (χ0n) is 11.4.